The quantitative estimate of drug-likeness (QED) is 0.731. The highest BCUT2D eigenvalue weighted by atomic mass is 19.4. The van der Waals surface area contributed by atoms with Crippen molar-refractivity contribution >= 4 is 0 Å². The van der Waals surface area contributed by atoms with Gasteiger partial charge in [0.1, 0.15) is 0 Å². The average molecular weight is 213 g/mol. The molecular formula is C9H18F3NO. The lowest BCUT2D eigenvalue weighted by atomic mass is 10.0. The van der Waals surface area contributed by atoms with Gasteiger partial charge in [0.2, 0.25) is 0 Å². The lowest BCUT2D eigenvalue weighted by Crippen LogP contribution is -2.39. The van der Waals surface area contributed by atoms with Gasteiger partial charge in [0, 0.05) is 19.6 Å². The molecule has 1 N–H and O–H groups in total. The summed E-state index contributed by atoms with van der Waals surface area (Å²) in [6.45, 7) is 1.89. The fourth-order valence-electron chi connectivity index (χ4n) is 1.45. The van der Waals surface area contributed by atoms with Crippen LogP contribution in [0.4, 0.5) is 13.2 Å². The maximum absolute atomic E-state index is 12.0. The van der Waals surface area contributed by atoms with Crippen LogP contribution >= 0.6 is 0 Å². The van der Waals surface area contributed by atoms with Gasteiger partial charge in [0.05, 0.1) is 6.10 Å². The Morgan fingerprint density at radius 2 is 1.93 bits per heavy atom. The molecule has 0 rings (SSSR count). The first-order valence-electron chi connectivity index (χ1n) is 4.71. The molecule has 5 heteroatoms. The Kier molecular flexibility index (Phi) is 6.11. The Morgan fingerprint density at radius 1 is 1.36 bits per heavy atom. The molecule has 0 radical (unpaired) electrons. The van der Waals surface area contributed by atoms with Crippen molar-refractivity contribution in [2.45, 2.75) is 44.5 Å². The van der Waals surface area contributed by atoms with Gasteiger partial charge in [-0.05, 0) is 19.9 Å². The number of ether oxygens (including phenoxy) is 1. The highest BCUT2D eigenvalue weighted by Gasteiger charge is 2.29. The summed E-state index contributed by atoms with van der Waals surface area (Å²) in [5.74, 6) is 0. The molecular weight excluding hydrogens is 195 g/mol. The molecule has 14 heavy (non-hydrogen) atoms. The summed E-state index contributed by atoms with van der Waals surface area (Å²) in [5.41, 5.74) is 0. The number of methoxy groups -OCH3 is 1. The first-order chi connectivity index (χ1) is 6.44. The van der Waals surface area contributed by atoms with Crippen molar-refractivity contribution in [3.8, 4) is 0 Å². The van der Waals surface area contributed by atoms with Gasteiger partial charge in [-0.15, -0.1) is 0 Å². The summed E-state index contributed by atoms with van der Waals surface area (Å²) in [6.07, 6.45) is -4.23. The maximum Gasteiger partial charge on any atom is 0.389 e. The van der Waals surface area contributed by atoms with E-state index in [9.17, 15) is 13.2 Å². The minimum atomic E-state index is -4.08. The monoisotopic (exact) mass is 213 g/mol. The van der Waals surface area contributed by atoms with Crippen LogP contribution in [0.15, 0.2) is 0 Å². The lowest BCUT2D eigenvalue weighted by Gasteiger charge is -2.25. The molecule has 0 saturated heterocycles. The second kappa shape index (κ2) is 6.24. The summed E-state index contributed by atoms with van der Waals surface area (Å²) in [7, 11) is 3.18. The molecule has 0 aliphatic rings. The smallest absolute Gasteiger partial charge is 0.380 e. The Balaban J connectivity index is 4.01. The third kappa shape index (κ3) is 5.44. The molecule has 0 spiro atoms. The second-order valence-corrected chi connectivity index (χ2v) is 3.23. The fourth-order valence-corrected chi connectivity index (χ4v) is 1.45. The number of nitrogens with one attached hydrogen (secondary N) is 1. The molecule has 0 aliphatic carbocycles. The largest absolute Gasteiger partial charge is 0.389 e. The zero-order chi connectivity index (χ0) is 11.2. The number of halogens is 3. The van der Waals surface area contributed by atoms with Gasteiger partial charge in [0.15, 0.2) is 0 Å². The standard InChI is InChI=1S/C9H18F3NO/c1-4-8(14-3)7(13-2)5-6-9(10,11)12/h7-8,13H,4-6H2,1-3H3. The molecule has 0 heterocycles. The van der Waals surface area contributed by atoms with E-state index >= 15 is 0 Å². The van der Waals surface area contributed by atoms with E-state index in [1.54, 1.807) is 7.05 Å². The molecule has 0 fully saturated rings. The normalized spacial score (nSPS) is 16.7. The Labute approximate surface area is 82.8 Å². The van der Waals surface area contributed by atoms with E-state index in [1.807, 2.05) is 6.92 Å². The van der Waals surface area contributed by atoms with Gasteiger partial charge >= 0.3 is 6.18 Å². The highest BCUT2D eigenvalue weighted by Crippen LogP contribution is 2.23. The van der Waals surface area contributed by atoms with Crippen LogP contribution in [0.2, 0.25) is 0 Å². The topological polar surface area (TPSA) is 21.3 Å². The van der Waals surface area contributed by atoms with E-state index < -0.39 is 12.6 Å². The van der Waals surface area contributed by atoms with Crippen molar-refractivity contribution in [2.24, 2.45) is 0 Å². The predicted molar refractivity (Wildman–Crippen MR) is 49.2 cm³/mol. The van der Waals surface area contributed by atoms with E-state index in [2.05, 4.69) is 5.32 Å². The number of hydrogen-bond acceptors (Lipinski definition) is 2. The van der Waals surface area contributed by atoms with Gasteiger partial charge in [0.25, 0.3) is 0 Å². The van der Waals surface area contributed by atoms with E-state index in [-0.39, 0.29) is 18.6 Å². The van der Waals surface area contributed by atoms with Gasteiger partial charge in [-0.25, -0.2) is 0 Å². The molecule has 0 saturated carbocycles. The Bertz CT molecular complexity index is 145. The molecule has 2 atom stereocenters. The van der Waals surface area contributed by atoms with Crippen LogP contribution in [0.1, 0.15) is 26.2 Å². The minimum absolute atomic E-state index is 0.0619. The van der Waals surface area contributed by atoms with Crippen LogP contribution in [0.5, 0.6) is 0 Å². The predicted octanol–water partition coefficient (Wildman–Crippen LogP) is 2.34. The van der Waals surface area contributed by atoms with Crippen molar-refractivity contribution in [2.75, 3.05) is 14.2 Å². The Morgan fingerprint density at radius 3 is 2.21 bits per heavy atom. The summed E-state index contributed by atoms with van der Waals surface area (Å²) in [6, 6.07) is -0.230. The number of alkyl halides is 3. The molecule has 0 aromatic carbocycles. The second-order valence-electron chi connectivity index (χ2n) is 3.23. The highest BCUT2D eigenvalue weighted by molar-refractivity contribution is 4.75. The third-order valence-corrected chi connectivity index (χ3v) is 2.26. The van der Waals surface area contributed by atoms with Crippen LogP contribution in [0, 0.1) is 0 Å². The average Bonchev–Trinajstić information content (AvgIpc) is 2.10. The molecule has 2 unspecified atom stereocenters. The van der Waals surface area contributed by atoms with Gasteiger partial charge in [-0.1, -0.05) is 6.92 Å². The number of likely N-dealkylation sites (N-methyl/N-ethyl adjacent to an activating group) is 1. The van der Waals surface area contributed by atoms with E-state index in [0.717, 1.165) is 0 Å². The van der Waals surface area contributed by atoms with Gasteiger partial charge in [-0.3, -0.25) is 0 Å². The van der Waals surface area contributed by atoms with Crippen LogP contribution in [-0.4, -0.2) is 32.5 Å². The van der Waals surface area contributed by atoms with Crippen molar-refractivity contribution in [1.29, 1.82) is 0 Å². The van der Waals surface area contributed by atoms with Crippen molar-refractivity contribution in [3.63, 3.8) is 0 Å². The molecule has 0 amide bonds. The molecule has 0 aromatic heterocycles. The van der Waals surface area contributed by atoms with Crippen LogP contribution < -0.4 is 5.32 Å². The van der Waals surface area contributed by atoms with E-state index in [1.165, 1.54) is 7.11 Å². The summed E-state index contributed by atoms with van der Waals surface area (Å²) in [5, 5.41) is 2.85. The van der Waals surface area contributed by atoms with Crippen molar-refractivity contribution in [3.05, 3.63) is 0 Å². The minimum Gasteiger partial charge on any atom is -0.380 e. The van der Waals surface area contributed by atoms with Crippen molar-refractivity contribution < 1.29 is 17.9 Å². The van der Waals surface area contributed by atoms with Crippen molar-refractivity contribution in [1.82, 2.24) is 5.32 Å². The zero-order valence-electron chi connectivity index (χ0n) is 8.82. The SMILES string of the molecule is CCC(OC)C(CCC(F)(F)F)NC. The lowest BCUT2D eigenvalue weighted by molar-refractivity contribution is -0.138. The molecule has 0 aromatic rings. The number of rotatable bonds is 6. The summed E-state index contributed by atoms with van der Waals surface area (Å²) in [4.78, 5) is 0. The summed E-state index contributed by atoms with van der Waals surface area (Å²) < 4.78 is 41.0. The summed E-state index contributed by atoms with van der Waals surface area (Å²) >= 11 is 0. The van der Waals surface area contributed by atoms with E-state index in [4.69, 9.17) is 4.74 Å². The molecule has 86 valence electrons. The third-order valence-electron chi connectivity index (χ3n) is 2.26. The maximum atomic E-state index is 12.0. The van der Waals surface area contributed by atoms with Gasteiger partial charge < -0.3 is 10.1 Å². The van der Waals surface area contributed by atoms with Crippen LogP contribution in [0.25, 0.3) is 0 Å². The number of hydrogen-bond donors (Lipinski definition) is 1. The molecule has 2 nitrogen and oxygen atoms in total. The fraction of sp³-hybridized carbons (Fsp3) is 1.00. The zero-order valence-corrected chi connectivity index (χ0v) is 8.82. The molecule has 0 bridgehead atoms. The van der Waals surface area contributed by atoms with Crippen LogP contribution in [0.3, 0.4) is 0 Å². The van der Waals surface area contributed by atoms with Crippen LogP contribution in [-0.2, 0) is 4.74 Å². The first kappa shape index (κ1) is 13.7. The Hall–Kier alpha value is -0.290. The van der Waals surface area contributed by atoms with Gasteiger partial charge in [-0.2, -0.15) is 13.2 Å². The molecule has 0 aliphatic heterocycles. The van der Waals surface area contributed by atoms with E-state index in [0.29, 0.717) is 6.42 Å². The first-order valence-corrected chi connectivity index (χ1v) is 4.71.